The lowest BCUT2D eigenvalue weighted by Gasteiger charge is -2.09. The Labute approximate surface area is 173 Å². The summed E-state index contributed by atoms with van der Waals surface area (Å²) >= 11 is 0. The van der Waals surface area contributed by atoms with Crippen LogP contribution in [0.15, 0.2) is 51.7 Å². The molecule has 1 N–H and O–H groups in total. The molecule has 156 valence electrons. The first-order valence-electron chi connectivity index (χ1n) is 9.30. The van der Waals surface area contributed by atoms with Crippen LogP contribution in [-0.2, 0) is 22.6 Å². The summed E-state index contributed by atoms with van der Waals surface area (Å²) in [5.74, 6) is 0.621. The molecule has 0 bridgehead atoms. The van der Waals surface area contributed by atoms with E-state index in [1.54, 1.807) is 37.5 Å². The Balaban J connectivity index is 1.77. The summed E-state index contributed by atoms with van der Waals surface area (Å²) in [5, 5.41) is 10.6. The lowest BCUT2D eigenvalue weighted by atomic mass is 10.0. The van der Waals surface area contributed by atoms with Crippen molar-refractivity contribution >= 4 is 23.0 Å². The molecule has 7 heteroatoms. The molecule has 0 unspecified atom stereocenters. The van der Waals surface area contributed by atoms with Gasteiger partial charge in [-0.2, -0.15) is 0 Å². The summed E-state index contributed by atoms with van der Waals surface area (Å²) in [6.07, 6.45) is 3.49. The molecule has 0 amide bonds. The highest BCUT2D eigenvalue weighted by molar-refractivity contribution is 5.88. The quantitative estimate of drug-likeness (QED) is 0.359. The number of rotatable bonds is 7. The zero-order valence-corrected chi connectivity index (χ0v) is 16.9. The number of ether oxygens (including phenoxy) is 3. The summed E-state index contributed by atoms with van der Waals surface area (Å²) in [7, 11) is 3.08. The summed E-state index contributed by atoms with van der Waals surface area (Å²) in [6, 6.07) is 9.66. The van der Waals surface area contributed by atoms with Crippen LogP contribution < -0.4 is 15.1 Å². The molecule has 0 aliphatic heterocycles. The molecule has 0 spiro atoms. The average Bonchev–Trinajstić information content (AvgIpc) is 2.75. The Hall–Kier alpha value is -3.74. The average molecular weight is 410 g/mol. The third-order valence-corrected chi connectivity index (χ3v) is 4.60. The number of carbonyl (C=O) groups excluding carboxylic acids is 1. The SMILES string of the molecule is CCc1cc2c(COC(=O)/C=C/c3ccc(OC)c(OC)c3)cc(=O)oc2cc1O. The molecule has 0 atom stereocenters. The van der Waals surface area contributed by atoms with Crippen LogP contribution in [-0.4, -0.2) is 25.3 Å². The Morgan fingerprint density at radius 2 is 1.83 bits per heavy atom. The van der Waals surface area contributed by atoms with Gasteiger partial charge in [-0.15, -0.1) is 0 Å². The molecule has 0 fully saturated rings. The number of fused-ring (bicyclic) bond motifs is 1. The maximum absolute atomic E-state index is 12.2. The van der Waals surface area contributed by atoms with Crippen LogP contribution >= 0.6 is 0 Å². The summed E-state index contributed by atoms with van der Waals surface area (Å²) in [5.41, 5.74) is 1.60. The van der Waals surface area contributed by atoms with Gasteiger partial charge in [0.2, 0.25) is 0 Å². The third kappa shape index (κ3) is 4.63. The predicted molar refractivity (Wildman–Crippen MR) is 112 cm³/mol. The number of methoxy groups -OCH3 is 2. The van der Waals surface area contributed by atoms with Gasteiger partial charge in [0.1, 0.15) is 17.9 Å². The number of phenolic OH excluding ortho intramolecular Hbond substituents is 1. The van der Waals surface area contributed by atoms with Gasteiger partial charge in [0.15, 0.2) is 11.5 Å². The van der Waals surface area contributed by atoms with E-state index in [-0.39, 0.29) is 17.9 Å². The van der Waals surface area contributed by atoms with Gasteiger partial charge in [0.25, 0.3) is 0 Å². The van der Waals surface area contributed by atoms with Gasteiger partial charge in [0, 0.05) is 29.2 Å². The van der Waals surface area contributed by atoms with Crippen molar-refractivity contribution in [2.75, 3.05) is 14.2 Å². The molecule has 0 saturated carbocycles. The van der Waals surface area contributed by atoms with E-state index in [0.29, 0.717) is 34.4 Å². The first-order valence-corrected chi connectivity index (χ1v) is 9.30. The van der Waals surface area contributed by atoms with Crippen molar-refractivity contribution < 1.29 is 28.5 Å². The molecule has 0 aliphatic rings. The number of aromatic hydroxyl groups is 1. The number of carbonyl (C=O) groups is 1. The van der Waals surface area contributed by atoms with Gasteiger partial charge in [-0.25, -0.2) is 9.59 Å². The summed E-state index contributed by atoms with van der Waals surface area (Å²) in [6.45, 7) is 1.80. The van der Waals surface area contributed by atoms with Crippen molar-refractivity contribution in [1.29, 1.82) is 0 Å². The van der Waals surface area contributed by atoms with Crippen molar-refractivity contribution in [3.05, 3.63) is 69.6 Å². The van der Waals surface area contributed by atoms with Crippen LogP contribution in [0.2, 0.25) is 0 Å². The van der Waals surface area contributed by atoms with Crippen molar-refractivity contribution in [3.63, 3.8) is 0 Å². The molecule has 0 saturated heterocycles. The molecule has 3 rings (SSSR count). The smallest absolute Gasteiger partial charge is 0.336 e. The minimum Gasteiger partial charge on any atom is -0.508 e. The van der Waals surface area contributed by atoms with Crippen LogP contribution in [0.25, 0.3) is 17.0 Å². The number of aryl methyl sites for hydroxylation is 1. The highest BCUT2D eigenvalue weighted by Crippen LogP contribution is 2.28. The van der Waals surface area contributed by atoms with Crippen molar-refractivity contribution in [3.8, 4) is 17.2 Å². The molecular weight excluding hydrogens is 388 g/mol. The van der Waals surface area contributed by atoms with E-state index in [2.05, 4.69) is 0 Å². The fourth-order valence-corrected chi connectivity index (χ4v) is 3.03. The minimum atomic E-state index is -0.585. The topological polar surface area (TPSA) is 95.2 Å². The maximum Gasteiger partial charge on any atom is 0.336 e. The fraction of sp³-hybridized carbons (Fsp3) is 0.217. The van der Waals surface area contributed by atoms with Gasteiger partial charge in [-0.1, -0.05) is 13.0 Å². The number of esters is 1. The number of hydrogen-bond donors (Lipinski definition) is 1. The minimum absolute atomic E-state index is 0.0557. The van der Waals surface area contributed by atoms with Gasteiger partial charge >= 0.3 is 11.6 Å². The standard InChI is InChI=1S/C23H22O7/c1-4-15-10-17-16(11-23(26)30-20(17)12-18(15)24)13-29-22(25)8-6-14-5-7-19(27-2)21(9-14)28-3/h5-12,24H,4,13H2,1-3H3/b8-6+. The molecule has 7 nitrogen and oxygen atoms in total. The van der Waals surface area contributed by atoms with Crippen LogP contribution in [0.3, 0.4) is 0 Å². The highest BCUT2D eigenvalue weighted by atomic mass is 16.5. The molecule has 1 heterocycles. The van der Waals surface area contributed by atoms with E-state index >= 15 is 0 Å². The van der Waals surface area contributed by atoms with Crippen LogP contribution in [0.1, 0.15) is 23.6 Å². The van der Waals surface area contributed by atoms with E-state index in [0.717, 1.165) is 5.56 Å². The Morgan fingerprint density at radius 3 is 2.53 bits per heavy atom. The van der Waals surface area contributed by atoms with Crippen molar-refractivity contribution in [1.82, 2.24) is 0 Å². The highest BCUT2D eigenvalue weighted by Gasteiger charge is 2.11. The van der Waals surface area contributed by atoms with E-state index < -0.39 is 11.6 Å². The van der Waals surface area contributed by atoms with Crippen LogP contribution in [0.5, 0.6) is 17.2 Å². The molecular formula is C23H22O7. The molecule has 2 aromatic carbocycles. The molecule has 0 aliphatic carbocycles. The Morgan fingerprint density at radius 1 is 1.07 bits per heavy atom. The molecule has 1 aromatic heterocycles. The third-order valence-electron chi connectivity index (χ3n) is 4.60. The monoisotopic (exact) mass is 410 g/mol. The van der Waals surface area contributed by atoms with E-state index in [4.69, 9.17) is 18.6 Å². The number of benzene rings is 2. The lowest BCUT2D eigenvalue weighted by Crippen LogP contribution is -2.06. The van der Waals surface area contributed by atoms with Gasteiger partial charge in [-0.3, -0.25) is 0 Å². The lowest BCUT2D eigenvalue weighted by molar-refractivity contribution is -0.138. The Kier molecular flexibility index (Phi) is 6.41. The van der Waals surface area contributed by atoms with E-state index in [1.807, 2.05) is 6.92 Å². The number of hydrogen-bond acceptors (Lipinski definition) is 7. The van der Waals surface area contributed by atoms with Crippen LogP contribution in [0.4, 0.5) is 0 Å². The summed E-state index contributed by atoms with van der Waals surface area (Å²) in [4.78, 5) is 24.0. The maximum atomic E-state index is 12.2. The van der Waals surface area contributed by atoms with Gasteiger partial charge < -0.3 is 23.7 Å². The zero-order chi connectivity index (χ0) is 21.7. The molecule has 30 heavy (non-hydrogen) atoms. The molecule has 3 aromatic rings. The summed E-state index contributed by atoms with van der Waals surface area (Å²) < 4.78 is 20.9. The largest absolute Gasteiger partial charge is 0.508 e. The molecule has 0 radical (unpaired) electrons. The van der Waals surface area contributed by atoms with Crippen LogP contribution in [0, 0.1) is 0 Å². The second kappa shape index (κ2) is 9.17. The second-order valence-corrected chi connectivity index (χ2v) is 6.48. The Bertz CT molecular complexity index is 1160. The fourth-order valence-electron chi connectivity index (χ4n) is 3.03. The normalized spacial score (nSPS) is 11.0. The van der Waals surface area contributed by atoms with Gasteiger partial charge in [-0.05, 0) is 41.8 Å². The van der Waals surface area contributed by atoms with E-state index in [1.165, 1.54) is 25.3 Å². The zero-order valence-electron chi connectivity index (χ0n) is 16.9. The van der Waals surface area contributed by atoms with E-state index in [9.17, 15) is 14.7 Å². The first-order chi connectivity index (χ1) is 14.4. The second-order valence-electron chi connectivity index (χ2n) is 6.48. The van der Waals surface area contributed by atoms with Crippen molar-refractivity contribution in [2.45, 2.75) is 20.0 Å². The predicted octanol–water partition coefficient (Wildman–Crippen LogP) is 3.83. The number of phenols is 1. The van der Waals surface area contributed by atoms with Crippen molar-refractivity contribution in [2.24, 2.45) is 0 Å². The first kappa shape index (κ1) is 21.0. The van der Waals surface area contributed by atoms with Gasteiger partial charge in [0.05, 0.1) is 14.2 Å².